The molecule has 66 valence electrons. The zero-order valence-electron chi connectivity index (χ0n) is 7.94. The van der Waals surface area contributed by atoms with Gasteiger partial charge in [-0.15, -0.1) is 0 Å². The molecule has 0 N–H and O–H groups in total. The van der Waals surface area contributed by atoms with Crippen LogP contribution in [0.1, 0.15) is 58.3 Å². The van der Waals surface area contributed by atoms with E-state index < -0.39 is 0 Å². The Morgan fingerprint density at radius 1 is 1.00 bits per heavy atom. The highest BCUT2D eigenvalue weighted by atomic mass is 13.9. The maximum Gasteiger partial charge on any atom is -0.0389 e. The van der Waals surface area contributed by atoms with E-state index in [0.717, 1.165) is 6.42 Å². The van der Waals surface area contributed by atoms with E-state index in [2.05, 4.69) is 20.3 Å². The molecule has 0 aliphatic carbocycles. The Morgan fingerprint density at radius 2 is 1.64 bits per heavy atom. The highest BCUT2D eigenvalue weighted by Crippen LogP contribution is 2.08. The van der Waals surface area contributed by atoms with Crippen LogP contribution < -0.4 is 0 Å². The van der Waals surface area contributed by atoms with Gasteiger partial charge in [0.2, 0.25) is 0 Å². The van der Waals surface area contributed by atoms with Gasteiger partial charge in [0, 0.05) is 0 Å². The lowest BCUT2D eigenvalue weighted by Crippen LogP contribution is -1.79. The van der Waals surface area contributed by atoms with Crippen molar-refractivity contribution < 1.29 is 0 Å². The average molecular weight is 154 g/mol. The van der Waals surface area contributed by atoms with Gasteiger partial charge in [0.05, 0.1) is 0 Å². The molecule has 0 aliphatic rings. The number of rotatable bonds is 8. The van der Waals surface area contributed by atoms with E-state index in [-0.39, 0.29) is 0 Å². The highest BCUT2D eigenvalue weighted by Gasteiger charge is 1.89. The van der Waals surface area contributed by atoms with Gasteiger partial charge in [-0.25, -0.2) is 0 Å². The van der Waals surface area contributed by atoms with Gasteiger partial charge in [-0.2, -0.15) is 0 Å². The summed E-state index contributed by atoms with van der Waals surface area (Å²) < 4.78 is 0. The summed E-state index contributed by atoms with van der Waals surface area (Å²) >= 11 is 0. The quantitative estimate of drug-likeness (QED) is 0.460. The summed E-state index contributed by atoms with van der Waals surface area (Å²) in [4.78, 5) is 0. The molecule has 0 saturated carbocycles. The van der Waals surface area contributed by atoms with Gasteiger partial charge in [0.1, 0.15) is 0 Å². The van der Waals surface area contributed by atoms with Crippen molar-refractivity contribution in [2.45, 2.75) is 58.3 Å². The minimum atomic E-state index is 1.11. The third kappa shape index (κ3) is 10.0. The van der Waals surface area contributed by atoms with E-state index in [9.17, 15) is 0 Å². The van der Waals surface area contributed by atoms with Crippen LogP contribution >= 0.6 is 0 Å². The van der Waals surface area contributed by atoms with Gasteiger partial charge < -0.3 is 0 Å². The van der Waals surface area contributed by atoms with E-state index in [1.165, 1.54) is 44.9 Å². The lowest BCUT2D eigenvalue weighted by Gasteiger charge is -1.98. The van der Waals surface area contributed by atoms with Crippen LogP contribution in [0.2, 0.25) is 0 Å². The molecule has 11 heavy (non-hydrogen) atoms. The SMILES string of the molecule is [CH2]CCCCCCC[CH]CC. The molecular formula is C11H22. The van der Waals surface area contributed by atoms with Crippen molar-refractivity contribution in [3.63, 3.8) is 0 Å². The topological polar surface area (TPSA) is 0 Å². The third-order valence-corrected chi connectivity index (χ3v) is 1.95. The molecule has 0 bridgehead atoms. The summed E-state index contributed by atoms with van der Waals surface area (Å²) in [5.74, 6) is 0. The second-order valence-corrected chi connectivity index (χ2v) is 3.11. The second-order valence-electron chi connectivity index (χ2n) is 3.11. The first-order valence-corrected chi connectivity index (χ1v) is 5.02. The molecule has 0 heteroatoms. The molecule has 0 heterocycles. The van der Waals surface area contributed by atoms with Crippen molar-refractivity contribution in [1.82, 2.24) is 0 Å². The summed E-state index contributed by atoms with van der Waals surface area (Å²) in [6.07, 6.45) is 13.0. The third-order valence-electron chi connectivity index (χ3n) is 1.95. The second kappa shape index (κ2) is 10.0. The summed E-state index contributed by atoms with van der Waals surface area (Å²) in [6.45, 7) is 6.04. The fourth-order valence-electron chi connectivity index (χ4n) is 1.20. The molecule has 2 radical (unpaired) electrons. The smallest absolute Gasteiger partial charge is 0.0389 e. The Bertz CT molecular complexity index is 49.1. The van der Waals surface area contributed by atoms with E-state index in [4.69, 9.17) is 0 Å². The van der Waals surface area contributed by atoms with Crippen LogP contribution in [-0.2, 0) is 0 Å². The molecule has 0 atom stereocenters. The maximum atomic E-state index is 3.83. The van der Waals surface area contributed by atoms with E-state index >= 15 is 0 Å². The highest BCUT2D eigenvalue weighted by molar-refractivity contribution is 4.60. The van der Waals surface area contributed by atoms with Crippen LogP contribution in [0.5, 0.6) is 0 Å². The van der Waals surface area contributed by atoms with Gasteiger partial charge in [0.15, 0.2) is 0 Å². The molecular weight excluding hydrogens is 132 g/mol. The number of unbranched alkanes of at least 4 members (excludes halogenated alkanes) is 8. The molecule has 0 aliphatic heterocycles. The number of hydrogen-bond acceptors (Lipinski definition) is 0. The Balaban J connectivity index is 2.69. The van der Waals surface area contributed by atoms with Gasteiger partial charge >= 0.3 is 0 Å². The minimum Gasteiger partial charge on any atom is -0.0651 e. The Kier molecular flexibility index (Phi) is 10.0. The summed E-state index contributed by atoms with van der Waals surface area (Å²) in [5.41, 5.74) is 0. The van der Waals surface area contributed by atoms with Gasteiger partial charge in [0.25, 0.3) is 0 Å². The molecule has 0 rings (SSSR count). The van der Waals surface area contributed by atoms with Gasteiger partial charge in [-0.3, -0.25) is 0 Å². The first-order chi connectivity index (χ1) is 5.41. The standard InChI is InChI=1S/C11H22/c1-3-5-7-9-11-10-8-6-4-2/h6H,1,3-5,7-11H2,2H3. The summed E-state index contributed by atoms with van der Waals surface area (Å²) in [6, 6.07) is 0. The lowest BCUT2D eigenvalue weighted by atomic mass is 10.1. The van der Waals surface area contributed by atoms with E-state index in [0.29, 0.717) is 0 Å². The molecule has 0 nitrogen and oxygen atoms in total. The Hall–Kier alpha value is 0. The van der Waals surface area contributed by atoms with Gasteiger partial charge in [-0.05, 0) is 6.42 Å². The zero-order chi connectivity index (χ0) is 8.36. The lowest BCUT2D eigenvalue weighted by molar-refractivity contribution is 0.611. The zero-order valence-corrected chi connectivity index (χ0v) is 7.94. The molecule has 0 spiro atoms. The molecule has 0 aromatic carbocycles. The largest absolute Gasteiger partial charge is 0.0651 e. The normalized spacial score (nSPS) is 10.4. The monoisotopic (exact) mass is 154 g/mol. The summed E-state index contributed by atoms with van der Waals surface area (Å²) in [5, 5.41) is 0. The van der Waals surface area contributed by atoms with Crippen molar-refractivity contribution in [3.05, 3.63) is 13.3 Å². The predicted octanol–water partition coefficient (Wildman–Crippen LogP) is 4.17. The van der Waals surface area contributed by atoms with Crippen molar-refractivity contribution in [3.8, 4) is 0 Å². The average Bonchev–Trinajstić information content (AvgIpc) is 2.03. The van der Waals surface area contributed by atoms with Crippen molar-refractivity contribution >= 4 is 0 Å². The first-order valence-electron chi connectivity index (χ1n) is 5.02. The number of hydrogen-bond donors (Lipinski definition) is 0. The molecule has 0 fully saturated rings. The van der Waals surface area contributed by atoms with Crippen molar-refractivity contribution in [1.29, 1.82) is 0 Å². The Morgan fingerprint density at radius 3 is 2.27 bits per heavy atom. The van der Waals surface area contributed by atoms with Crippen LogP contribution in [-0.4, -0.2) is 0 Å². The maximum absolute atomic E-state index is 3.83. The first kappa shape index (κ1) is 11.0. The molecule has 0 amide bonds. The summed E-state index contributed by atoms with van der Waals surface area (Å²) in [7, 11) is 0. The van der Waals surface area contributed by atoms with E-state index in [1.54, 1.807) is 0 Å². The van der Waals surface area contributed by atoms with Crippen molar-refractivity contribution in [2.24, 2.45) is 0 Å². The fourth-order valence-corrected chi connectivity index (χ4v) is 1.20. The molecule has 0 unspecified atom stereocenters. The predicted molar refractivity (Wildman–Crippen MR) is 52.3 cm³/mol. The fraction of sp³-hybridized carbons (Fsp3) is 0.818. The Labute approximate surface area is 72.4 Å². The van der Waals surface area contributed by atoms with Crippen LogP contribution in [0, 0.1) is 13.3 Å². The van der Waals surface area contributed by atoms with Crippen LogP contribution in [0.15, 0.2) is 0 Å². The van der Waals surface area contributed by atoms with Gasteiger partial charge in [-0.1, -0.05) is 65.2 Å². The van der Waals surface area contributed by atoms with Crippen molar-refractivity contribution in [2.75, 3.05) is 0 Å². The van der Waals surface area contributed by atoms with Crippen LogP contribution in [0.4, 0.5) is 0 Å². The minimum absolute atomic E-state index is 1.11. The molecule has 0 aromatic rings. The van der Waals surface area contributed by atoms with Crippen LogP contribution in [0.3, 0.4) is 0 Å². The van der Waals surface area contributed by atoms with Crippen LogP contribution in [0.25, 0.3) is 0 Å². The van der Waals surface area contributed by atoms with E-state index in [1.807, 2.05) is 0 Å². The molecule has 0 aromatic heterocycles. The molecule has 0 saturated heterocycles.